The van der Waals surface area contributed by atoms with Crippen molar-refractivity contribution in [2.45, 2.75) is 13.2 Å². The first-order valence-corrected chi connectivity index (χ1v) is 5.89. The minimum absolute atomic E-state index is 0.0968. The smallest absolute Gasteiger partial charge is 0.0832 e. The van der Waals surface area contributed by atoms with Gasteiger partial charge in [0.05, 0.1) is 16.9 Å². The summed E-state index contributed by atoms with van der Waals surface area (Å²) in [5.74, 6) is 0. The van der Waals surface area contributed by atoms with E-state index in [0.29, 0.717) is 0 Å². The van der Waals surface area contributed by atoms with Crippen molar-refractivity contribution in [1.29, 1.82) is 0 Å². The Morgan fingerprint density at radius 1 is 1.36 bits per heavy atom. The number of nitrogens with zero attached hydrogens (tertiary/aromatic N) is 1. The minimum Gasteiger partial charge on any atom is -0.390 e. The van der Waals surface area contributed by atoms with Crippen molar-refractivity contribution in [3.05, 3.63) is 44.8 Å². The van der Waals surface area contributed by atoms with E-state index in [0.717, 1.165) is 16.0 Å². The highest BCUT2D eigenvalue weighted by molar-refractivity contribution is 9.11. The second kappa shape index (κ2) is 4.29. The fourth-order valence-electron chi connectivity index (χ4n) is 1.35. The summed E-state index contributed by atoms with van der Waals surface area (Å²) in [6.07, 6.45) is 1.99. The average Bonchev–Trinajstić information content (AvgIpc) is 2.76. The van der Waals surface area contributed by atoms with Gasteiger partial charge in [0.15, 0.2) is 0 Å². The second-order valence-electron chi connectivity index (χ2n) is 2.99. The second-order valence-corrected chi connectivity index (χ2v) is 5.54. The predicted molar refractivity (Wildman–Crippen MR) is 61.5 cm³/mol. The largest absolute Gasteiger partial charge is 0.390 e. The molecule has 0 aliphatic carbocycles. The average molecular weight is 272 g/mol. The minimum atomic E-state index is 0.0968. The summed E-state index contributed by atoms with van der Waals surface area (Å²) in [5.41, 5.74) is 0.953. The molecule has 0 aliphatic rings. The Kier molecular flexibility index (Phi) is 3.05. The Balaban J connectivity index is 2.18. The molecule has 2 rings (SSSR count). The summed E-state index contributed by atoms with van der Waals surface area (Å²) in [7, 11) is 0. The van der Waals surface area contributed by atoms with E-state index in [1.54, 1.807) is 11.3 Å². The number of hydrogen-bond acceptors (Lipinski definition) is 2. The summed E-state index contributed by atoms with van der Waals surface area (Å²) in [6, 6.07) is 8.02. The van der Waals surface area contributed by atoms with Crippen LogP contribution in [0.1, 0.15) is 10.6 Å². The lowest BCUT2D eigenvalue weighted by atomic mass is 10.4. The van der Waals surface area contributed by atoms with Crippen LogP contribution in [0.4, 0.5) is 0 Å². The lowest BCUT2D eigenvalue weighted by Gasteiger charge is -2.04. The Labute approximate surface area is 94.9 Å². The van der Waals surface area contributed by atoms with E-state index in [1.807, 2.05) is 24.4 Å². The van der Waals surface area contributed by atoms with Crippen molar-refractivity contribution in [3.8, 4) is 0 Å². The quantitative estimate of drug-likeness (QED) is 0.913. The molecule has 2 aromatic rings. The van der Waals surface area contributed by atoms with E-state index in [1.165, 1.54) is 4.88 Å². The molecule has 0 aliphatic heterocycles. The Bertz CT molecular complexity index is 421. The van der Waals surface area contributed by atoms with Crippen LogP contribution in [-0.2, 0) is 13.2 Å². The fourth-order valence-corrected chi connectivity index (χ4v) is 2.83. The van der Waals surface area contributed by atoms with Crippen LogP contribution < -0.4 is 0 Å². The van der Waals surface area contributed by atoms with Gasteiger partial charge in [-0.15, -0.1) is 11.3 Å². The molecular formula is C10H10BrNOS. The van der Waals surface area contributed by atoms with Gasteiger partial charge >= 0.3 is 0 Å². The maximum absolute atomic E-state index is 9.06. The number of rotatable bonds is 3. The molecule has 0 fully saturated rings. The monoisotopic (exact) mass is 271 g/mol. The molecule has 0 atom stereocenters. The molecule has 0 saturated carbocycles. The van der Waals surface area contributed by atoms with Crippen molar-refractivity contribution in [2.24, 2.45) is 0 Å². The number of halogens is 1. The molecule has 0 spiro atoms. The van der Waals surface area contributed by atoms with Gasteiger partial charge in [-0.3, -0.25) is 0 Å². The van der Waals surface area contributed by atoms with Crippen LogP contribution in [0.3, 0.4) is 0 Å². The molecule has 14 heavy (non-hydrogen) atoms. The summed E-state index contributed by atoms with van der Waals surface area (Å²) in [4.78, 5) is 1.28. The van der Waals surface area contributed by atoms with Crippen molar-refractivity contribution in [2.75, 3.05) is 0 Å². The van der Waals surface area contributed by atoms with Crippen LogP contribution in [0.5, 0.6) is 0 Å². The van der Waals surface area contributed by atoms with Crippen LogP contribution >= 0.6 is 27.3 Å². The van der Waals surface area contributed by atoms with E-state index in [4.69, 9.17) is 5.11 Å². The first-order chi connectivity index (χ1) is 6.79. The SMILES string of the molecule is OCc1cccn1Cc1ccc(Br)s1. The lowest BCUT2D eigenvalue weighted by Crippen LogP contribution is -2.01. The molecule has 0 bridgehead atoms. The molecule has 0 aromatic carbocycles. The van der Waals surface area contributed by atoms with E-state index in [2.05, 4.69) is 26.6 Å². The predicted octanol–water partition coefficient (Wildman–Crippen LogP) is 2.85. The van der Waals surface area contributed by atoms with Gasteiger partial charge in [-0.2, -0.15) is 0 Å². The molecule has 2 aromatic heterocycles. The molecule has 2 nitrogen and oxygen atoms in total. The molecule has 1 N–H and O–H groups in total. The van der Waals surface area contributed by atoms with Crippen LogP contribution in [0.15, 0.2) is 34.2 Å². The molecular weight excluding hydrogens is 262 g/mol. The van der Waals surface area contributed by atoms with Crippen LogP contribution in [-0.4, -0.2) is 9.67 Å². The van der Waals surface area contributed by atoms with E-state index >= 15 is 0 Å². The number of hydrogen-bond donors (Lipinski definition) is 1. The number of aromatic nitrogens is 1. The standard InChI is InChI=1S/C10H10BrNOS/c11-10-4-3-9(14-10)6-12-5-1-2-8(12)7-13/h1-5,13H,6-7H2. The highest BCUT2D eigenvalue weighted by atomic mass is 79.9. The number of aliphatic hydroxyl groups excluding tert-OH is 1. The summed E-state index contributed by atoms with van der Waals surface area (Å²) >= 11 is 5.15. The highest BCUT2D eigenvalue weighted by Gasteiger charge is 2.02. The van der Waals surface area contributed by atoms with Gasteiger partial charge in [0.1, 0.15) is 0 Å². The zero-order valence-electron chi connectivity index (χ0n) is 7.48. The normalized spacial score (nSPS) is 10.7. The molecule has 2 heterocycles. The van der Waals surface area contributed by atoms with Gasteiger partial charge in [-0.05, 0) is 40.2 Å². The first kappa shape index (κ1) is 9.96. The zero-order chi connectivity index (χ0) is 9.97. The van der Waals surface area contributed by atoms with E-state index in [-0.39, 0.29) is 6.61 Å². The van der Waals surface area contributed by atoms with Gasteiger partial charge in [0, 0.05) is 16.8 Å². The third kappa shape index (κ3) is 2.08. The third-order valence-corrected chi connectivity index (χ3v) is 3.65. The van der Waals surface area contributed by atoms with Gasteiger partial charge in [-0.25, -0.2) is 0 Å². The third-order valence-electron chi connectivity index (χ3n) is 2.04. The Morgan fingerprint density at radius 3 is 2.86 bits per heavy atom. The van der Waals surface area contributed by atoms with E-state index < -0.39 is 0 Å². The maximum Gasteiger partial charge on any atom is 0.0832 e. The topological polar surface area (TPSA) is 25.2 Å². The van der Waals surface area contributed by atoms with Crippen LogP contribution in [0, 0.1) is 0 Å². The van der Waals surface area contributed by atoms with Gasteiger partial charge in [0.25, 0.3) is 0 Å². The molecule has 0 radical (unpaired) electrons. The molecule has 0 amide bonds. The van der Waals surface area contributed by atoms with Crippen molar-refractivity contribution >= 4 is 27.3 Å². The molecule has 0 saturated heterocycles. The molecule has 0 unspecified atom stereocenters. The van der Waals surface area contributed by atoms with Gasteiger partial charge in [-0.1, -0.05) is 0 Å². The molecule has 74 valence electrons. The fraction of sp³-hybridized carbons (Fsp3) is 0.200. The van der Waals surface area contributed by atoms with Crippen LogP contribution in [0.2, 0.25) is 0 Å². The van der Waals surface area contributed by atoms with Gasteiger partial charge in [0.2, 0.25) is 0 Å². The number of thiophene rings is 1. The van der Waals surface area contributed by atoms with Crippen molar-refractivity contribution < 1.29 is 5.11 Å². The van der Waals surface area contributed by atoms with Crippen LogP contribution in [0.25, 0.3) is 0 Å². The molecule has 4 heteroatoms. The van der Waals surface area contributed by atoms with Crippen molar-refractivity contribution in [1.82, 2.24) is 4.57 Å². The maximum atomic E-state index is 9.06. The Hall–Kier alpha value is -0.580. The summed E-state index contributed by atoms with van der Waals surface area (Å²) in [6.45, 7) is 0.929. The lowest BCUT2D eigenvalue weighted by molar-refractivity contribution is 0.271. The van der Waals surface area contributed by atoms with E-state index in [9.17, 15) is 0 Å². The first-order valence-electron chi connectivity index (χ1n) is 4.28. The number of aliphatic hydroxyl groups is 1. The highest BCUT2D eigenvalue weighted by Crippen LogP contribution is 2.23. The Morgan fingerprint density at radius 2 is 2.21 bits per heavy atom. The van der Waals surface area contributed by atoms with Gasteiger partial charge < -0.3 is 9.67 Å². The zero-order valence-corrected chi connectivity index (χ0v) is 9.88. The summed E-state index contributed by atoms with van der Waals surface area (Å²) < 4.78 is 3.20. The summed E-state index contributed by atoms with van der Waals surface area (Å²) in [5, 5.41) is 9.06. The van der Waals surface area contributed by atoms with Crippen molar-refractivity contribution in [3.63, 3.8) is 0 Å².